The van der Waals surface area contributed by atoms with E-state index in [0.29, 0.717) is 17.1 Å². The molecule has 0 bridgehead atoms. The van der Waals surface area contributed by atoms with Crippen LogP contribution in [-0.4, -0.2) is 59.2 Å². The third kappa shape index (κ3) is 4.94. The lowest BCUT2D eigenvalue weighted by atomic mass is 10.1. The standard InChI is InChI=1S/C23H25FN6O2/c1-16-14-21(30(27-16)20-8-4-18(24)5-9-20)26-22(31)15-28-10-12-29(13-11-28)19-6-2-17(3-7-19)23(25)32/h2-9,14H,10-13,15H2,1H3,(H2,25,32)(H,26,31). The van der Waals surface area contributed by atoms with Gasteiger partial charge in [-0.25, -0.2) is 9.07 Å². The summed E-state index contributed by atoms with van der Waals surface area (Å²) in [6.45, 7) is 5.13. The molecule has 3 N–H and O–H groups in total. The molecule has 32 heavy (non-hydrogen) atoms. The fourth-order valence-corrected chi connectivity index (χ4v) is 3.75. The maximum atomic E-state index is 13.2. The van der Waals surface area contributed by atoms with Crippen molar-refractivity contribution in [1.29, 1.82) is 0 Å². The van der Waals surface area contributed by atoms with Crippen LogP contribution in [0, 0.1) is 12.7 Å². The second kappa shape index (κ2) is 9.19. The van der Waals surface area contributed by atoms with Gasteiger partial charge in [0, 0.05) is 43.5 Å². The van der Waals surface area contributed by atoms with Gasteiger partial charge in [0.05, 0.1) is 17.9 Å². The predicted molar refractivity (Wildman–Crippen MR) is 121 cm³/mol. The lowest BCUT2D eigenvalue weighted by Gasteiger charge is -2.35. The van der Waals surface area contributed by atoms with Crippen molar-refractivity contribution in [2.75, 3.05) is 42.9 Å². The van der Waals surface area contributed by atoms with Crippen molar-refractivity contribution >= 4 is 23.3 Å². The Morgan fingerprint density at radius 3 is 2.25 bits per heavy atom. The molecule has 1 aliphatic rings. The van der Waals surface area contributed by atoms with Crippen molar-refractivity contribution in [2.24, 2.45) is 5.73 Å². The smallest absolute Gasteiger partial charge is 0.248 e. The molecule has 9 heteroatoms. The first-order valence-electron chi connectivity index (χ1n) is 10.4. The summed E-state index contributed by atoms with van der Waals surface area (Å²) in [6, 6.07) is 15.0. The van der Waals surface area contributed by atoms with Crippen molar-refractivity contribution < 1.29 is 14.0 Å². The first-order chi connectivity index (χ1) is 15.4. The fraction of sp³-hybridized carbons (Fsp3) is 0.261. The van der Waals surface area contributed by atoms with E-state index in [0.717, 1.165) is 37.6 Å². The van der Waals surface area contributed by atoms with Crippen molar-refractivity contribution in [3.05, 3.63) is 71.7 Å². The summed E-state index contributed by atoms with van der Waals surface area (Å²) < 4.78 is 14.8. The number of carbonyl (C=O) groups excluding carboxylic acids is 2. The van der Waals surface area contributed by atoms with Gasteiger partial charge in [-0.3, -0.25) is 14.5 Å². The molecule has 0 spiro atoms. The summed E-state index contributed by atoms with van der Waals surface area (Å²) >= 11 is 0. The molecule has 8 nitrogen and oxygen atoms in total. The van der Waals surface area contributed by atoms with Gasteiger partial charge >= 0.3 is 0 Å². The molecule has 2 aromatic carbocycles. The van der Waals surface area contributed by atoms with Crippen molar-refractivity contribution in [3.8, 4) is 5.69 Å². The number of amides is 2. The molecule has 3 aromatic rings. The number of rotatable bonds is 6. The Morgan fingerprint density at radius 1 is 1.00 bits per heavy atom. The topological polar surface area (TPSA) is 96.5 Å². The van der Waals surface area contributed by atoms with Gasteiger partial charge in [0.25, 0.3) is 0 Å². The molecule has 1 aromatic heterocycles. The van der Waals surface area contributed by atoms with E-state index >= 15 is 0 Å². The number of nitrogens with two attached hydrogens (primary N) is 1. The van der Waals surface area contributed by atoms with Gasteiger partial charge in [-0.05, 0) is 55.5 Å². The highest BCUT2D eigenvalue weighted by Crippen LogP contribution is 2.19. The molecule has 0 unspecified atom stereocenters. The van der Waals surface area contributed by atoms with Gasteiger partial charge in [-0.15, -0.1) is 0 Å². The van der Waals surface area contributed by atoms with E-state index in [1.165, 1.54) is 12.1 Å². The molecular formula is C23H25FN6O2. The Labute approximate surface area is 185 Å². The number of carbonyl (C=O) groups is 2. The second-order valence-corrected chi connectivity index (χ2v) is 7.78. The van der Waals surface area contributed by atoms with Crippen LogP contribution in [0.1, 0.15) is 16.1 Å². The first-order valence-corrected chi connectivity index (χ1v) is 10.4. The fourth-order valence-electron chi connectivity index (χ4n) is 3.75. The van der Waals surface area contributed by atoms with Gasteiger partial charge < -0.3 is 16.0 Å². The summed E-state index contributed by atoms with van der Waals surface area (Å²) in [4.78, 5) is 28.2. The summed E-state index contributed by atoms with van der Waals surface area (Å²) in [6.07, 6.45) is 0. The molecule has 0 radical (unpaired) electrons. The lowest BCUT2D eigenvalue weighted by Crippen LogP contribution is -2.48. The van der Waals surface area contributed by atoms with E-state index in [1.807, 2.05) is 19.1 Å². The van der Waals surface area contributed by atoms with Gasteiger partial charge in [0.15, 0.2) is 0 Å². The largest absolute Gasteiger partial charge is 0.369 e. The molecule has 0 aliphatic carbocycles. The summed E-state index contributed by atoms with van der Waals surface area (Å²) in [5, 5.41) is 7.32. The predicted octanol–water partition coefficient (Wildman–Crippen LogP) is 2.18. The number of aryl methyl sites for hydroxylation is 1. The minimum absolute atomic E-state index is 0.132. The molecule has 1 saturated heterocycles. The van der Waals surface area contributed by atoms with Gasteiger partial charge in [-0.1, -0.05) is 0 Å². The molecule has 4 rings (SSSR count). The van der Waals surface area contributed by atoms with Crippen LogP contribution in [0.25, 0.3) is 5.69 Å². The van der Waals surface area contributed by atoms with E-state index in [-0.39, 0.29) is 18.3 Å². The first kappa shape index (κ1) is 21.5. The van der Waals surface area contributed by atoms with Crippen LogP contribution < -0.4 is 16.0 Å². The van der Waals surface area contributed by atoms with Crippen LogP contribution in [-0.2, 0) is 4.79 Å². The van der Waals surface area contributed by atoms with E-state index in [9.17, 15) is 14.0 Å². The number of primary amides is 1. The quantitative estimate of drug-likeness (QED) is 0.618. The highest BCUT2D eigenvalue weighted by Gasteiger charge is 2.20. The highest BCUT2D eigenvalue weighted by molar-refractivity contribution is 5.93. The zero-order valence-corrected chi connectivity index (χ0v) is 17.8. The van der Waals surface area contributed by atoms with Crippen LogP contribution in [0.2, 0.25) is 0 Å². The molecule has 2 amide bonds. The Kier molecular flexibility index (Phi) is 6.18. The van der Waals surface area contributed by atoms with Crippen LogP contribution in [0.3, 0.4) is 0 Å². The van der Waals surface area contributed by atoms with Crippen molar-refractivity contribution in [1.82, 2.24) is 14.7 Å². The summed E-state index contributed by atoms with van der Waals surface area (Å²) in [5.41, 5.74) is 8.23. The van der Waals surface area contributed by atoms with Crippen molar-refractivity contribution in [3.63, 3.8) is 0 Å². The van der Waals surface area contributed by atoms with Crippen LogP contribution in [0.4, 0.5) is 15.9 Å². The van der Waals surface area contributed by atoms with Gasteiger partial charge in [-0.2, -0.15) is 5.10 Å². The monoisotopic (exact) mass is 436 g/mol. The SMILES string of the molecule is Cc1cc(NC(=O)CN2CCN(c3ccc(C(N)=O)cc3)CC2)n(-c2ccc(F)cc2)n1. The van der Waals surface area contributed by atoms with E-state index in [2.05, 4.69) is 20.2 Å². The Morgan fingerprint density at radius 2 is 1.62 bits per heavy atom. The second-order valence-electron chi connectivity index (χ2n) is 7.78. The molecule has 1 fully saturated rings. The normalized spacial score (nSPS) is 14.4. The Hall–Kier alpha value is -3.72. The number of hydrogen-bond donors (Lipinski definition) is 2. The average molecular weight is 436 g/mol. The zero-order chi connectivity index (χ0) is 22.7. The maximum Gasteiger partial charge on any atom is 0.248 e. The summed E-state index contributed by atoms with van der Waals surface area (Å²) in [7, 11) is 0. The van der Waals surface area contributed by atoms with Gasteiger partial charge in [0.1, 0.15) is 11.6 Å². The Bertz CT molecular complexity index is 1100. The highest BCUT2D eigenvalue weighted by atomic mass is 19.1. The minimum Gasteiger partial charge on any atom is -0.369 e. The molecule has 166 valence electrons. The number of hydrogen-bond acceptors (Lipinski definition) is 5. The molecule has 1 aliphatic heterocycles. The van der Waals surface area contributed by atoms with E-state index < -0.39 is 5.91 Å². The third-order valence-corrected chi connectivity index (χ3v) is 5.43. The number of piperazine rings is 1. The van der Waals surface area contributed by atoms with Crippen LogP contribution >= 0.6 is 0 Å². The average Bonchev–Trinajstić information content (AvgIpc) is 3.14. The zero-order valence-electron chi connectivity index (χ0n) is 17.8. The Balaban J connectivity index is 1.33. The number of halogens is 1. The number of benzene rings is 2. The van der Waals surface area contributed by atoms with E-state index in [4.69, 9.17) is 5.73 Å². The lowest BCUT2D eigenvalue weighted by molar-refractivity contribution is -0.117. The summed E-state index contributed by atoms with van der Waals surface area (Å²) in [5.74, 6) is -0.352. The van der Waals surface area contributed by atoms with Gasteiger partial charge in [0.2, 0.25) is 11.8 Å². The number of aromatic nitrogens is 2. The minimum atomic E-state index is -0.441. The third-order valence-electron chi connectivity index (χ3n) is 5.43. The number of nitrogens with zero attached hydrogens (tertiary/aromatic N) is 4. The van der Waals surface area contributed by atoms with Crippen LogP contribution in [0.5, 0.6) is 0 Å². The molecule has 0 atom stereocenters. The van der Waals surface area contributed by atoms with E-state index in [1.54, 1.807) is 35.0 Å². The molecule has 0 saturated carbocycles. The molecular weight excluding hydrogens is 411 g/mol. The number of nitrogens with one attached hydrogen (secondary N) is 1. The van der Waals surface area contributed by atoms with Crippen molar-refractivity contribution in [2.45, 2.75) is 6.92 Å². The van der Waals surface area contributed by atoms with Crippen LogP contribution in [0.15, 0.2) is 54.6 Å². The number of anilines is 2. The maximum absolute atomic E-state index is 13.2. The molecule has 2 heterocycles.